The molecule has 6 rings (SSSR count). The predicted molar refractivity (Wildman–Crippen MR) is 78.0 cm³/mol. The van der Waals surface area contributed by atoms with Crippen molar-refractivity contribution in [3.63, 3.8) is 0 Å². The van der Waals surface area contributed by atoms with Crippen LogP contribution in [0.4, 0.5) is 0 Å². The Kier molecular flexibility index (Phi) is 1.09. The molecule has 0 N–H and O–H groups in total. The van der Waals surface area contributed by atoms with Crippen LogP contribution in [0.15, 0.2) is 48.5 Å². The molecule has 1 nitrogen and oxygen atoms in total. The molecule has 1 aliphatic heterocycles. The lowest BCUT2D eigenvalue weighted by Gasteiger charge is -2.14. The van der Waals surface area contributed by atoms with Crippen molar-refractivity contribution in [3.8, 4) is 0 Å². The molecule has 0 bridgehead atoms. The van der Waals surface area contributed by atoms with Crippen LogP contribution >= 0.6 is 0 Å². The van der Waals surface area contributed by atoms with Gasteiger partial charge in [-0.25, -0.2) is 0 Å². The minimum Gasteiger partial charge on any atom is -0.448 e. The maximum Gasteiger partial charge on any atom is 0.178 e. The SMILES string of the molecule is c1cc2ccc3ccc4c5c(cc(c1)c2c35)C1=C4O1. The summed E-state index contributed by atoms with van der Waals surface area (Å²) in [6.07, 6.45) is 0. The number of benzene rings is 4. The molecule has 0 fully saturated rings. The molecule has 4 aromatic rings. The van der Waals surface area contributed by atoms with Crippen LogP contribution in [0.3, 0.4) is 0 Å². The minimum atomic E-state index is 1.09. The number of ether oxygens (including phenoxy) is 1. The van der Waals surface area contributed by atoms with Crippen LogP contribution in [0.1, 0.15) is 11.1 Å². The topological polar surface area (TPSA) is 12.5 Å². The van der Waals surface area contributed by atoms with Gasteiger partial charge in [0.15, 0.2) is 11.5 Å². The lowest BCUT2D eigenvalue weighted by atomic mass is 9.91. The normalized spacial score (nSPS) is 15.6. The average Bonchev–Trinajstić information content (AvgIpc) is 3.19. The van der Waals surface area contributed by atoms with Gasteiger partial charge in [-0.1, -0.05) is 36.4 Å². The largest absolute Gasteiger partial charge is 0.448 e. The highest BCUT2D eigenvalue weighted by atomic mass is 16.6. The smallest absolute Gasteiger partial charge is 0.178 e. The zero-order valence-corrected chi connectivity index (χ0v) is 10.0. The highest BCUT2D eigenvalue weighted by Gasteiger charge is 2.38. The molecule has 0 amide bonds. The maximum atomic E-state index is 5.62. The van der Waals surface area contributed by atoms with Gasteiger partial charge in [-0.2, -0.15) is 0 Å². The molecule has 1 aliphatic carbocycles. The Morgan fingerprint density at radius 2 is 1.32 bits per heavy atom. The second-order valence-corrected chi connectivity index (χ2v) is 5.42. The first-order valence-corrected chi connectivity index (χ1v) is 6.55. The number of hydrogen-bond donors (Lipinski definition) is 0. The summed E-state index contributed by atoms with van der Waals surface area (Å²) in [5.74, 6) is 2.18. The van der Waals surface area contributed by atoms with E-state index in [1.54, 1.807) is 0 Å². The van der Waals surface area contributed by atoms with Gasteiger partial charge in [-0.15, -0.1) is 0 Å². The first kappa shape index (κ1) is 8.54. The zero-order valence-electron chi connectivity index (χ0n) is 10.0. The average molecular weight is 240 g/mol. The predicted octanol–water partition coefficient (Wildman–Crippen LogP) is 4.75. The van der Waals surface area contributed by atoms with Crippen LogP contribution in [0.25, 0.3) is 43.8 Å². The summed E-state index contributed by atoms with van der Waals surface area (Å²) < 4.78 is 5.62. The molecule has 0 atom stereocenters. The molecule has 0 unspecified atom stereocenters. The van der Waals surface area contributed by atoms with Crippen LogP contribution in [0.2, 0.25) is 0 Å². The van der Waals surface area contributed by atoms with Gasteiger partial charge in [0.2, 0.25) is 0 Å². The van der Waals surface area contributed by atoms with E-state index in [1.807, 2.05) is 0 Å². The number of hydrogen-bond acceptors (Lipinski definition) is 1. The van der Waals surface area contributed by atoms with E-state index in [4.69, 9.17) is 4.74 Å². The van der Waals surface area contributed by atoms with E-state index in [9.17, 15) is 0 Å². The minimum absolute atomic E-state index is 1.09. The quantitative estimate of drug-likeness (QED) is 0.404. The Morgan fingerprint density at radius 1 is 0.579 bits per heavy atom. The van der Waals surface area contributed by atoms with Gasteiger partial charge in [0.25, 0.3) is 0 Å². The van der Waals surface area contributed by atoms with Crippen molar-refractivity contribution < 1.29 is 4.74 Å². The monoisotopic (exact) mass is 240 g/mol. The summed E-state index contributed by atoms with van der Waals surface area (Å²) in [6.45, 7) is 0. The van der Waals surface area contributed by atoms with Crippen LogP contribution in [-0.2, 0) is 4.74 Å². The number of fused-ring (bicyclic) bond motifs is 2. The summed E-state index contributed by atoms with van der Waals surface area (Å²) in [5, 5.41) is 8.14. The summed E-state index contributed by atoms with van der Waals surface area (Å²) in [6, 6.07) is 17.7. The van der Waals surface area contributed by atoms with Gasteiger partial charge in [-0.05, 0) is 39.1 Å². The second-order valence-electron chi connectivity index (χ2n) is 5.42. The Balaban J connectivity index is 2.09. The molecule has 86 valence electrons. The zero-order chi connectivity index (χ0) is 12.1. The Morgan fingerprint density at radius 3 is 2.26 bits per heavy atom. The Bertz CT molecular complexity index is 1070. The van der Waals surface area contributed by atoms with Gasteiger partial charge in [-0.3, -0.25) is 0 Å². The van der Waals surface area contributed by atoms with E-state index < -0.39 is 0 Å². The van der Waals surface area contributed by atoms with Crippen molar-refractivity contribution in [1.29, 1.82) is 0 Å². The van der Waals surface area contributed by atoms with E-state index in [2.05, 4.69) is 48.5 Å². The standard InChI is InChI=1S/C18H8O/c1-2-9-4-5-10-6-7-12-16-13(18-17(12)19-18)8-11(3-1)14(9)15(10)16/h1-8H. The van der Waals surface area contributed by atoms with Gasteiger partial charge >= 0.3 is 0 Å². The van der Waals surface area contributed by atoms with E-state index in [1.165, 1.54) is 43.4 Å². The summed E-state index contributed by atoms with van der Waals surface area (Å²) >= 11 is 0. The third-order valence-electron chi connectivity index (χ3n) is 4.49. The molecule has 1 heteroatoms. The van der Waals surface area contributed by atoms with E-state index in [-0.39, 0.29) is 0 Å². The van der Waals surface area contributed by atoms with E-state index in [0.29, 0.717) is 0 Å². The fourth-order valence-electron chi connectivity index (χ4n) is 3.65. The molecular weight excluding hydrogens is 232 g/mol. The lowest BCUT2D eigenvalue weighted by Crippen LogP contribution is -1.90. The second kappa shape index (κ2) is 2.43. The maximum absolute atomic E-state index is 5.62. The van der Waals surface area contributed by atoms with Gasteiger partial charge in [0.1, 0.15) is 0 Å². The van der Waals surface area contributed by atoms with Gasteiger partial charge in [0.05, 0.1) is 0 Å². The third kappa shape index (κ3) is 0.792. The molecule has 0 radical (unpaired) electrons. The van der Waals surface area contributed by atoms with Gasteiger partial charge in [0, 0.05) is 16.5 Å². The molecule has 0 spiro atoms. The van der Waals surface area contributed by atoms with E-state index in [0.717, 1.165) is 11.5 Å². The van der Waals surface area contributed by atoms with Gasteiger partial charge < -0.3 is 4.74 Å². The van der Waals surface area contributed by atoms with E-state index >= 15 is 0 Å². The molecule has 0 saturated carbocycles. The molecule has 19 heavy (non-hydrogen) atoms. The molecular formula is C18H8O. The van der Waals surface area contributed by atoms with Crippen LogP contribution in [-0.4, -0.2) is 0 Å². The van der Waals surface area contributed by atoms with Crippen molar-refractivity contribution in [2.45, 2.75) is 0 Å². The van der Waals surface area contributed by atoms with Crippen LogP contribution in [0.5, 0.6) is 0 Å². The molecule has 0 saturated heterocycles. The highest BCUT2D eigenvalue weighted by Crippen LogP contribution is 2.56. The van der Waals surface area contributed by atoms with Crippen LogP contribution in [0, 0.1) is 0 Å². The highest BCUT2D eigenvalue weighted by molar-refractivity contribution is 6.31. The van der Waals surface area contributed by atoms with Crippen LogP contribution < -0.4 is 0 Å². The molecule has 0 aromatic heterocycles. The first-order chi connectivity index (χ1) is 9.42. The summed E-state index contributed by atoms with van der Waals surface area (Å²) in [7, 11) is 0. The lowest BCUT2D eigenvalue weighted by molar-refractivity contribution is 0.584. The molecule has 2 aliphatic rings. The fourth-order valence-corrected chi connectivity index (χ4v) is 3.65. The van der Waals surface area contributed by atoms with Crippen molar-refractivity contribution in [2.24, 2.45) is 0 Å². The summed E-state index contributed by atoms with van der Waals surface area (Å²) in [4.78, 5) is 0. The molecule has 4 aromatic carbocycles. The first-order valence-electron chi connectivity index (χ1n) is 6.55. The number of rotatable bonds is 0. The Hall–Kier alpha value is -2.54. The van der Waals surface area contributed by atoms with Crippen molar-refractivity contribution >= 4 is 43.8 Å². The van der Waals surface area contributed by atoms with Crippen molar-refractivity contribution in [1.82, 2.24) is 0 Å². The van der Waals surface area contributed by atoms with Crippen molar-refractivity contribution in [3.05, 3.63) is 59.7 Å². The summed E-state index contributed by atoms with van der Waals surface area (Å²) in [5.41, 5.74) is 2.55. The van der Waals surface area contributed by atoms with Crippen molar-refractivity contribution in [2.75, 3.05) is 0 Å². The molecule has 1 heterocycles. The fraction of sp³-hybridized carbons (Fsp3) is 0. The Labute approximate surface area is 109 Å². The third-order valence-corrected chi connectivity index (χ3v) is 4.49.